The van der Waals surface area contributed by atoms with Crippen LogP contribution >= 0.6 is 0 Å². The summed E-state index contributed by atoms with van der Waals surface area (Å²) in [6, 6.07) is 1.36. The lowest BCUT2D eigenvalue weighted by Gasteiger charge is -2.42. The van der Waals surface area contributed by atoms with Crippen LogP contribution in [0.4, 0.5) is 8.78 Å². The predicted molar refractivity (Wildman–Crippen MR) is 129 cm³/mol. The second-order valence-corrected chi connectivity index (χ2v) is 10.0. The first-order chi connectivity index (χ1) is 18.1. The molecule has 4 heterocycles. The van der Waals surface area contributed by atoms with Crippen LogP contribution in [0, 0.1) is 18.6 Å². The monoisotopic (exact) mass is 533 g/mol. The van der Waals surface area contributed by atoms with E-state index in [4.69, 9.17) is 14.2 Å². The van der Waals surface area contributed by atoms with Gasteiger partial charge in [-0.2, -0.15) is 0 Å². The highest BCUT2D eigenvalue weighted by Gasteiger charge is 2.55. The van der Waals surface area contributed by atoms with Gasteiger partial charge in [-0.1, -0.05) is 0 Å². The van der Waals surface area contributed by atoms with Gasteiger partial charge in [0.1, 0.15) is 29.3 Å². The van der Waals surface area contributed by atoms with Crippen LogP contribution in [0.1, 0.15) is 57.8 Å². The molecule has 10 nitrogen and oxygen atoms in total. The molecule has 204 valence electrons. The lowest BCUT2D eigenvalue weighted by atomic mass is 9.99. The van der Waals surface area contributed by atoms with Gasteiger partial charge in [0, 0.05) is 44.4 Å². The number of aromatic hydroxyl groups is 1. The Balaban J connectivity index is 1.53. The number of hydrogen-bond acceptors (Lipinski definition) is 7. The summed E-state index contributed by atoms with van der Waals surface area (Å²) in [5.74, 6) is -5.27. The van der Waals surface area contributed by atoms with E-state index in [0.717, 1.165) is 12.1 Å². The number of methoxy groups -OCH3 is 1. The number of halogens is 2. The second-order valence-electron chi connectivity index (χ2n) is 10.0. The second kappa shape index (κ2) is 9.75. The molecule has 0 radical (unpaired) electrons. The summed E-state index contributed by atoms with van der Waals surface area (Å²) < 4.78 is 47.6. The van der Waals surface area contributed by atoms with Crippen molar-refractivity contribution < 1.29 is 37.7 Å². The summed E-state index contributed by atoms with van der Waals surface area (Å²) in [4.78, 5) is 41.0. The number of amides is 2. The number of ether oxygens (including phenoxy) is 3. The number of fused-ring (bicyclic) bond motifs is 5. The molecular weight excluding hydrogens is 504 g/mol. The van der Waals surface area contributed by atoms with Gasteiger partial charge in [-0.25, -0.2) is 8.78 Å². The molecule has 2 saturated heterocycles. The molecule has 3 aliphatic rings. The van der Waals surface area contributed by atoms with Crippen LogP contribution in [0.15, 0.2) is 23.1 Å². The summed E-state index contributed by atoms with van der Waals surface area (Å²) in [6.45, 7) is 3.57. The number of hydrogen-bond donors (Lipinski definition) is 2. The molecule has 0 aliphatic carbocycles. The summed E-state index contributed by atoms with van der Waals surface area (Å²) in [7, 11) is 1.54. The lowest BCUT2D eigenvalue weighted by molar-refractivity contribution is -0.205. The SMILES string of the molecule is COC[C@@H]1CO[C@]2(CC[C@H](C)N3C[C@H]2n2cc(C(=O)NCc4c(F)cc(C)cc4F)c(=O)c(O)c2C3=O)O1. The third kappa shape index (κ3) is 4.26. The number of carbonyl (C=O) groups excluding carboxylic acids is 2. The van der Waals surface area contributed by atoms with Crippen LogP contribution < -0.4 is 10.7 Å². The number of benzene rings is 1. The smallest absolute Gasteiger partial charge is 0.274 e. The molecule has 2 fully saturated rings. The topological polar surface area (TPSA) is 119 Å². The van der Waals surface area contributed by atoms with Crippen LogP contribution in [-0.2, 0) is 20.8 Å². The predicted octanol–water partition coefficient (Wildman–Crippen LogP) is 2.01. The Morgan fingerprint density at radius 3 is 2.68 bits per heavy atom. The van der Waals surface area contributed by atoms with Gasteiger partial charge >= 0.3 is 0 Å². The molecule has 1 aromatic carbocycles. The average Bonchev–Trinajstić information content (AvgIpc) is 3.22. The lowest BCUT2D eigenvalue weighted by Crippen LogP contribution is -2.53. The van der Waals surface area contributed by atoms with Crippen molar-refractivity contribution in [2.75, 3.05) is 26.9 Å². The third-order valence-corrected chi connectivity index (χ3v) is 7.52. The van der Waals surface area contributed by atoms with E-state index >= 15 is 0 Å². The van der Waals surface area contributed by atoms with E-state index in [1.165, 1.54) is 17.7 Å². The molecule has 12 heteroatoms. The highest BCUT2D eigenvalue weighted by Crippen LogP contribution is 2.45. The van der Waals surface area contributed by atoms with Crippen molar-refractivity contribution >= 4 is 11.8 Å². The van der Waals surface area contributed by atoms with Crippen LogP contribution in [0.2, 0.25) is 0 Å². The van der Waals surface area contributed by atoms with Crippen molar-refractivity contribution in [2.45, 2.75) is 57.2 Å². The number of carbonyl (C=O) groups is 2. The highest BCUT2D eigenvalue weighted by molar-refractivity contribution is 5.99. The van der Waals surface area contributed by atoms with Gasteiger partial charge in [-0.15, -0.1) is 0 Å². The number of nitrogens with one attached hydrogen (secondary N) is 1. The zero-order valence-electron chi connectivity index (χ0n) is 21.3. The maximum absolute atomic E-state index is 14.3. The first-order valence-electron chi connectivity index (χ1n) is 12.4. The van der Waals surface area contributed by atoms with Crippen molar-refractivity contribution in [1.29, 1.82) is 0 Å². The Morgan fingerprint density at radius 2 is 2.00 bits per heavy atom. The standard InChI is InChI=1S/C26H29F2N3O7/c1-13-6-18(27)16(19(28)7-13)8-29-24(34)17-9-31-20-10-30(25(35)21(31)23(33)22(17)32)14(2)4-5-26(20)37-12-15(38-26)11-36-3/h6-7,9,14-15,20,33H,4-5,8,10-12H2,1-3H3,(H,29,34)/t14-,15+,20+,26+/m0/s1. The van der Waals surface area contributed by atoms with Crippen molar-refractivity contribution in [1.82, 2.24) is 14.8 Å². The van der Waals surface area contributed by atoms with Gasteiger partial charge < -0.3 is 34.1 Å². The van der Waals surface area contributed by atoms with Gasteiger partial charge in [0.2, 0.25) is 5.43 Å². The fourth-order valence-electron chi connectivity index (χ4n) is 5.52. The summed E-state index contributed by atoms with van der Waals surface area (Å²) in [5, 5.41) is 13.2. The van der Waals surface area contributed by atoms with Crippen molar-refractivity contribution in [3.05, 3.63) is 62.6 Å². The molecule has 38 heavy (non-hydrogen) atoms. The minimum absolute atomic E-state index is 0.163. The van der Waals surface area contributed by atoms with Gasteiger partial charge in [0.15, 0.2) is 17.2 Å². The quantitative estimate of drug-likeness (QED) is 0.604. The minimum Gasteiger partial charge on any atom is -0.503 e. The number of rotatable bonds is 5. The summed E-state index contributed by atoms with van der Waals surface area (Å²) in [5.41, 5.74) is -1.82. The van der Waals surface area contributed by atoms with Crippen LogP contribution in [-0.4, -0.2) is 71.2 Å². The fourth-order valence-corrected chi connectivity index (χ4v) is 5.52. The van der Waals surface area contributed by atoms with E-state index in [0.29, 0.717) is 18.4 Å². The molecule has 5 rings (SSSR count). The molecule has 4 atom stereocenters. The first-order valence-corrected chi connectivity index (χ1v) is 12.4. The van der Waals surface area contributed by atoms with Crippen molar-refractivity contribution in [2.24, 2.45) is 0 Å². The molecule has 0 saturated carbocycles. The molecular formula is C26H29F2N3O7. The molecule has 1 spiro atoms. The van der Waals surface area contributed by atoms with Crippen molar-refractivity contribution in [3.63, 3.8) is 0 Å². The van der Waals surface area contributed by atoms with E-state index in [1.807, 2.05) is 6.92 Å². The Morgan fingerprint density at radius 1 is 1.29 bits per heavy atom. The summed E-state index contributed by atoms with van der Waals surface area (Å²) in [6.07, 6.45) is 1.78. The van der Waals surface area contributed by atoms with E-state index in [2.05, 4.69) is 5.32 Å². The van der Waals surface area contributed by atoms with Gasteiger partial charge in [0.25, 0.3) is 11.8 Å². The zero-order chi connectivity index (χ0) is 27.4. The molecule has 2 aromatic rings. The number of aryl methyl sites for hydroxylation is 1. The van der Waals surface area contributed by atoms with E-state index in [9.17, 15) is 28.3 Å². The van der Waals surface area contributed by atoms with Crippen LogP contribution in [0.25, 0.3) is 0 Å². The number of pyridine rings is 1. The van der Waals surface area contributed by atoms with E-state index in [1.54, 1.807) is 12.0 Å². The number of aromatic nitrogens is 1. The normalized spacial score (nSPS) is 26.4. The average molecular weight is 534 g/mol. The molecule has 2 N–H and O–H groups in total. The summed E-state index contributed by atoms with van der Waals surface area (Å²) >= 11 is 0. The van der Waals surface area contributed by atoms with E-state index in [-0.39, 0.29) is 43.2 Å². The van der Waals surface area contributed by atoms with Crippen LogP contribution in [0.3, 0.4) is 0 Å². The molecule has 2 amide bonds. The maximum Gasteiger partial charge on any atom is 0.274 e. The minimum atomic E-state index is -1.19. The number of nitrogens with zero attached hydrogens (tertiary/aromatic N) is 2. The van der Waals surface area contributed by atoms with Gasteiger partial charge in [-0.3, -0.25) is 14.4 Å². The van der Waals surface area contributed by atoms with Crippen molar-refractivity contribution in [3.8, 4) is 5.75 Å². The Bertz CT molecular complexity index is 1340. The van der Waals surface area contributed by atoms with Gasteiger partial charge in [0.05, 0.1) is 13.2 Å². The molecule has 1 aromatic heterocycles. The molecule has 2 bridgehead atoms. The molecule has 0 unspecified atom stereocenters. The molecule has 3 aliphatic heterocycles. The van der Waals surface area contributed by atoms with E-state index < -0.39 is 58.6 Å². The highest BCUT2D eigenvalue weighted by atomic mass is 19.1. The zero-order valence-corrected chi connectivity index (χ0v) is 21.3. The Hall–Kier alpha value is -3.35. The largest absolute Gasteiger partial charge is 0.503 e. The first kappa shape index (κ1) is 26.3. The Kier molecular flexibility index (Phi) is 6.74. The van der Waals surface area contributed by atoms with Gasteiger partial charge in [-0.05, 0) is 38.0 Å². The Labute approximate surface area is 217 Å². The fraction of sp³-hybridized carbons (Fsp3) is 0.500. The maximum atomic E-state index is 14.3. The third-order valence-electron chi connectivity index (χ3n) is 7.52. The van der Waals surface area contributed by atoms with Crippen LogP contribution in [0.5, 0.6) is 5.75 Å².